The number of benzene rings is 2. The van der Waals surface area contributed by atoms with Gasteiger partial charge in [-0.25, -0.2) is 8.42 Å². The summed E-state index contributed by atoms with van der Waals surface area (Å²) < 4.78 is 60.7. The number of halogens is 2. The molecule has 12 heteroatoms. The van der Waals surface area contributed by atoms with Crippen LogP contribution in [0.25, 0.3) is 0 Å². The van der Waals surface area contributed by atoms with Gasteiger partial charge in [-0.3, -0.25) is 14.3 Å². The lowest BCUT2D eigenvalue weighted by molar-refractivity contribution is -0.114. The lowest BCUT2D eigenvalue weighted by Crippen LogP contribution is -2.27. The fraction of sp³-hybridized carbons (Fsp3) is 0.333. The predicted octanol–water partition coefficient (Wildman–Crippen LogP) is 3.29. The van der Waals surface area contributed by atoms with Crippen molar-refractivity contribution >= 4 is 33.2 Å². The second-order valence-corrected chi connectivity index (χ2v) is 8.82. The van der Waals surface area contributed by atoms with E-state index in [0.717, 1.165) is 6.26 Å². The Hall–Kier alpha value is -3.41. The highest BCUT2D eigenvalue weighted by Crippen LogP contribution is 2.31. The maximum absolute atomic E-state index is 13.1. The van der Waals surface area contributed by atoms with Gasteiger partial charge in [-0.15, -0.1) is 0 Å². The third kappa shape index (κ3) is 7.90. The van der Waals surface area contributed by atoms with Crippen LogP contribution in [0.3, 0.4) is 0 Å². The standard InChI is InChI=1S/C21H25F2N3O6S/c1-5-31-19-10-14(6-9-18(19)32-21(22)23)12-26(3)20(28)16-11-15(24-13(2)27)7-8-17(16)25-33(4,29)30/h6-11,21,25H,5,12H2,1-4H3,(H,24,27). The Morgan fingerprint density at radius 1 is 1.12 bits per heavy atom. The summed E-state index contributed by atoms with van der Waals surface area (Å²) in [7, 11) is -2.19. The molecule has 0 heterocycles. The van der Waals surface area contributed by atoms with Crippen molar-refractivity contribution in [2.75, 3.05) is 29.9 Å². The topological polar surface area (TPSA) is 114 Å². The molecule has 0 radical (unpaired) electrons. The van der Waals surface area contributed by atoms with Crippen molar-refractivity contribution in [1.29, 1.82) is 0 Å². The molecule has 0 aliphatic heterocycles. The number of nitrogens with zero attached hydrogens (tertiary/aromatic N) is 1. The molecule has 0 aliphatic rings. The first-order chi connectivity index (χ1) is 15.4. The Labute approximate surface area is 190 Å². The normalized spacial score (nSPS) is 11.1. The molecule has 2 amide bonds. The van der Waals surface area contributed by atoms with Gasteiger partial charge in [-0.05, 0) is 42.8 Å². The van der Waals surface area contributed by atoms with Gasteiger partial charge in [0.25, 0.3) is 5.91 Å². The van der Waals surface area contributed by atoms with Crippen LogP contribution < -0.4 is 19.5 Å². The molecule has 0 bridgehead atoms. The first-order valence-electron chi connectivity index (χ1n) is 9.75. The maximum atomic E-state index is 13.1. The van der Waals surface area contributed by atoms with Gasteiger partial charge in [0, 0.05) is 26.2 Å². The van der Waals surface area contributed by atoms with Gasteiger partial charge in [-0.2, -0.15) is 8.78 Å². The minimum Gasteiger partial charge on any atom is -0.490 e. The molecule has 0 spiro atoms. The van der Waals surface area contributed by atoms with Gasteiger partial charge < -0.3 is 19.7 Å². The SMILES string of the molecule is CCOc1cc(CN(C)C(=O)c2cc(NC(C)=O)ccc2NS(C)(=O)=O)ccc1OC(F)F. The lowest BCUT2D eigenvalue weighted by Gasteiger charge is -2.21. The van der Waals surface area contributed by atoms with Crippen LogP contribution in [-0.2, 0) is 21.4 Å². The third-order valence-electron chi connectivity index (χ3n) is 4.16. The number of anilines is 2. The molecule has 0 aromatic heterocycles. The molecule has 9 nitrogen and oxygen atoms in total. The van der Waals surface area contributed by atoms with Crippen molar-refractivity contribution in [3.63, 3.8) is 0 Å². The van der Waals surface area contributed by atoms with Gasteiger partial charge in [0.05, 0.1) is 24.1 Å². The number of sulfonamides is 1. The molecule has 0 unspecified atom stereocenters. The number of amides is 2. The summed E-state index contributed by atoms with van der Waals surface area (Å²) in [6.45, 7) is 0.238. The molecule has 0 aliphatic carbocycles. The number of carbonyl (C=O) groups is 2. The van der Waals surface area contributed by atoms with Crippen molar-refractivity contribution in [2.24, 2.45) is 0 Å². The van der Waals surface area contributed by atoms with Crippen molar-refractivity contribution in [3.05, 3.63) is 47.5 Å². The van der Waals surface area contributed by atoms with E-state index in [4.69, 9.17) is 4.74 Å². The zero-order valence-corrected chi connectivity index (χ0v) is 19.3. The molecule has 0 saturated carbocycles. The van der Waals surface area contributed by atoms with Crippen LogP contribution in [0.15, 0.2) is 36.4 Å². The predicted molar refractivity (Wildman–Crippen MR) is 119 cm³/mol. The molecule has 2 N–H and O–H groups in total. The van der Waals surface area contributed by atoms with Crippen LogP contribution >= 0.6 is 0 Å². The lowest BCUT2D eigenvalue weighted by atomic mass is 10.1. The van der Waals surface area contributed by atoms with E-state index in [0.29, 0.717) is 11.3 Å². The second kappa shape index (κ2) is 10.9. The summed E-state index contributed by atoms with van der Waals surface area (Å²) >= 11 is 0. The van der Waals surface area contributed by atoms with Crippen LogP contribution in [-0.4, -0.2) is 51.7 Å². The Morgan fingerprint density at radius 2 is 1.82 bits per heavy atom. The molecule has 0 fully saturated rings. The van der Waals surface area contributed by atoms with E-state index in [-0.39, 0.29) is 41.8 Å². The number of ether oxygens (including phenoxy) is 2. The first-order valence-corrected chi connectivity index (χ1v) is 11.6. The van der Waals surface area contributed by atoms with E-state index in [1.165, 1.54) is 55.3 Å². The fourth-order valence-corrected chi connectivity index (χ4v) is 3.53. The van der Waals surface area contributed by atoms with Crippen molar-refractivity contribution in [3.8, 4) is 11.5 Å². The zero-order chi connectivity index (χ0) is 24.8. The minimum atomic E-state index is -3.68. The van der Waals surface area contributed by atoms with Crippen LogP contribution in [0, 0.1) is 0 Å². The summed E-state index contributed by atoms with van der Waals surface area (Å²) in [4.78, 5) is 25.8. The third-order valence-corrected chi connectivity index (χ3v) is 4.75. The number of nitrogens with one attached hydrogen (secondary N) is 2. The highest BCUT2D eigenvalue weighted by atomic mass is 32.2. The molecule has 0 saturated heterocycles. The van der Waals surface area contributed by atoms with Gasteiger partial charge in [0.15, 0.2) is 11.5 Å². The van der Waals surface area contributed by atoms with Crippen LogP contribution in [0.4, 0.5) is 20.2 Å². The molecule has 2 aromatic rings. The smallest absolute Gasteiger partial charge is 0.387 e. The van der Waals surface area contributed by atoms with Gasteiger partial charge >= 0.3 is 6.61 Å². The monoisotopic (exact) mass is 485 g/mol. The summed E-state index contributed by atoms with van der Waals surface area (Å²) in [6.07, 6.45) is 0.949. The molecule has 33 heavy (non-hydrogen) atoms. The number of hydrogen-bond donors (Lipinski definition) is 2. The molecule has 180 valence electrons. The quantitative estimate of drug-likeness (QED) is 0.534. The minimum absolute atomic E-state index is 0.0110. The largest absolute Gasteiger partial charge is 0.490 e. The molecule has 2 rings (SSSR count). The van der Waals surface area contributed by atoms with Crippen LogP contribution in [0.1, 0.15) is 29.8 Å². The van der Waals surface area contributed by atoms with E-state index in [1.807, 2.05) is 0 Å². The summed E-state index contributed by atoms with van der Waals surface area (Å²) in [5.41, 5.74) is 0.924. The van der Waals surface area contributed by atoms with Crippen molar-refractivity contribution in [1.82, 2.24) is 4.90 Å². The summed E-state index contributed by atoms with van der Waals surface area (Å²) in [6, 6.07) is 8.50. The van der Waals surface area contributed by atoms with E-state index in [2.05, 4.69) is 14.8 Å². The van der Waals surface area contributed by atoms with Gasteiger partial charge in [-0.1, -0.05) is 6.07 Å². The van der Waals surface area contributed by atoms with Crippen molar-refractivity contribution < 1.29 is 36.3 Å². The van der Waals surface area contributed by atoms with E-state index in [1.54, 1.807) is 6.92 Å². The van der Waals surface area contributed by atoms with E-state index in [9.17, 15) is 26.8 Å². The summed E-state index contributed by atoms with van der Waals surface area (Å²) in [5, 5.41) is 2.54. The Bertz CT molecular complexity index is 1120. The molecule has 0 atom stereocenters. The average molecular weight is 486 g/mol. The highest BCUT2D eigenvalue weighted by molar-refractivity contribution is 7.92. The Morgan fingerprint density at radius 3 is 2.39 bits per heavy atom. The summed E-state index contributed by atoms with van der Waals surface area (Å²) in [5.74, 6) is -0.935. The Kier molecular flexibility index (Phi) is 8.57. The van der Waals surface area contributed by atoms with E-state index >= 15 is 0 Å². The second-order valence-electron chi connectivity index (χ2n) is 7.07. The van der Waals surface area contributed by atoms with Crippen molar-refractivity contribution in [2.45, 2.75) is 27.0 Å². The van der Waals surface area contributed by atoms with Gasteiger partial charge in [0.1, 0.15) is 0 Å². The van der Waals surface area contributed by atoms with Crippen LogP contribution in [0.5, 0.6) is 11.5 Å². The first kappa shape index (κ1) is 25.8. The molecular weight excluding hydrogens is 460 g/mol. The number of rotatable bonds is 10. The highest BCUT2D eigenvalue weighted by Gasteiger charge is 2.20. The number of hydrogen-bond acceptors (Lipinski definition) is 6. The fourth-order valence-electron chi connectivity index (χ4n) is 2.95. The number of alkyl halides is 2. The van der Waals surface area contributed by atoms with E-state index < -0.39 is 22.5 Å². The maximum Gasteiger partial charge on any atom is 0.387 e. The van der Waals surface area contributed by atoms with Crippen LogP contribution in [0.2, 0.25) is 0 Å². The average Bonchev–Trinajstić information content (AvgIpc) is 2.69. The molecule has 2 aromatic carbocycles. The number of carbonyl (C=O) groups excluding carboxylic acids is 2. The molecular formula is C21H25F2N3O6S. The van der Waals surface area contributed by atoms with Gasteiger partial charge in [0.2, 0.25) is 15.9 Å². The Balaban J connectivity index is 2.34. The zero-order valence-electron chi connectivity index (χ0n) is 18.5.